The van der Waals surface area contributed by atoms with Crippen LogP contribution in [0.15, 0.2) is 67.0 Å². The summed E-state index contributed by atoms with van der Waals surface area (Å²) in [5, 5.41) is 14.2. The molecule has 2 aromatic carbocycles. The van der Waals surface area contributed by atoms with Gasteiger partial charge in [0.1, 0.15) is 0 Å². The number of hydrogen-bond donors (Lipinski definition) is 1. The minimum atomic E-state index is -1.41. The number of nitrogens with zero attached hydrogens (tertiary/aromatic N) is 3. The molecular weight excluding hydrogens is 514 g/mol. The number of anilines is 2. The molecule has 1 N–H and O–H groups in total. The van der Waals surface area contributed by atoms with Gasteiger partial charge >= 0.3 is 51.4 Å². The third kappa shape index (κ3) is 8.11. The van der Waals surface area contributed by atoms with E-state index in [1.807, 2.05) is 43.0 Å². The van der Waals surface area contributed by atoms with Gasteiger partial charge in [0.2, 0.25) is 5.95 Å². The number of carboxylic acid groups (broad SMARTS) is 1. The molecule has 7 nitrogen and oxygen atoms in total. The maximum atomic E-state index is 12.5. The van der Waals surface area contributed by atoms with E-state index in [4.69, 9.17) is 23.2 Å². The Bertz CT molecular complexity index is 1150. The number of carboxylic acids is 1. The van der Waals surface area contributed by atoms with Crippen LogP contribution < -0.4 is 66.7 Å². The zero-order valence-electron chi connectivity index (χ0n) is 19.6. The quantitative estimate of drug-likeness (QED) is 0.413. The van der Waals surface area contributed by atoms with Gasteiger partial charge in [-0.25, -0.2) is 9.97 Å². The van der Waals surface area contributed by atoms with E-state index in [9.17, 15) is 14.7 Å². The molecule has 3 aromatic rings. The van der Waals surface area contributed by atoms with Crippen molar-refractivity contribution in [2.75, 3.05) is 4.90 Å². The molecule has 0 spiro atoms. The molecule has 0 aliphatic rings. The van der Waals surface area contributed by atoms with Crippen molar-refractivity contribution in [1.82, 2.24) is 15.3 Å². The number of carbonyl (C=O) groups is 2. The molecule has 1 aromatic heterocycles. The van der Waals surface area contributed by atoms with E-state index >= 15 is 0 Å². The molecule has 0 unspecified atom stereocenters. The summed E-state index contributed by atoms with van der Waals surface area (Å²) in [6.45, 7) is 4.10. The molecule has 35 heavy (non-hydrogen) atoms. The third-order valence-corrected chi connectivity index (χ3v) is 5.55. The van der Waals surface area contributed by atoms with E-state index in [0.29, 0.717) is 5.95 Å². The van der Waals surface area contributed by atoms with Crippen LogP contribution in [0, 0.1) is 0 Å². The van der Waals surface area contributed by atoms with Gasteiger partial charge in [-0.1, -0.05) is 53.6 Å². The van der Waals surface area contributed by atoms with E-state index in [0.717, 1.165) is 11.3 Å². The fourth-order valence-electron chi connectivity index (χ4n) is 3.31. The molecule has 0 radical (unpaired) electrons. The van der Waals surface area contributed by atoms with Gasteiger partial charge < -0.3 is 20.1 Å². The fourth-order valence-corrected chi connectivity index (χ4v) is 3.87. The monoisotopic (exact) mass is 536 g/mol. The summed E-state index contributed by atoms with van der Waals surface area (Å²) in [5.74, 6) is -1.49. The first kappa shape index (κ1) is 29.4. The Morgan fingerprint density at radius 2 is 1.63 bits per heavy atom. The number of aliphatic carboxylic acids is 1. The van der Waals surface area contributed by atoms with Gasteiger partial charge in [-0.05, 0) is 56.2 Å². The first-order chi connectivity index (χ1) is 16.3. The Labute approximate surface area is 257 Å². The Kier molecular flexibility index (Phi) is 11.8. The van der Waals surface area contributed by atoms with Crippen LogP contribution in [0.25, 0.3) is 6.08 Å². The second-order valence-electron chi connectivity index (χ2n) is 7.68. The van der Waals surface area contributed by atoms with Crippen LogP contribution in [0.2, 0.25) is 10.0 Å². The maximum absolute atomic E-state index is 12.5. The summed E-state index contributed by atoms with van der Waals surface area (Å²) < 4.78 is 0. The third-order valence-electron chi connectivity index (χ3n) is 4.92. The van der Waals surface area contributed by atoms with Crippen molar-refractivity contribution < 1.29 is 66.1 Å². The molecule has 0 saturated heterocycles. The van der Waals surface area contributed by atoms with Crippen LogP contribution in [0.5, 0.6) is 0 Å². The zero-order valence-corrected chi connectivity index (χ0v) is 24.2. The van der Waals surface area contributed by atoms with Gasteiger partial charge in [0.05, 0.1) is 27.6 Å². The molecule has 0 aliphatic heterocycles. The fraction of sp³-hybridized carbons (Fsp3) is 0.200. The van der Waals surface area contributed by atoms with Crippen LogP contribution >= 0.6 is 23.2 Å². The first-order valence-electron chi connectivity index (χ1n) is 10.6. The number of nitrogens with one attached hydrogen (secondary N) is 1. The summed E-state index contributed by atoms with van der Waals surface area (Å²) in [6, 6.07) is 12.9. The van der Waals surface area contributed by atoms with Crippen LogP contribution in [0.1, 0.15) is 36.2 Å². The molecule has 0 aliphatic carbocycles. The molecule has 0 bridgehead atoms. The van der Waals surface area contributed by atoms with Crippen molar-refractivity contribution in [3.63, 3.8) is 0 Å². The Morgan fingerprint density at radius 1 is 1.03 bits per heavy atom. The topological polar surface area (TPSA) is 98.2 Å². The number of halogens is 2. The van der Waals surface area contributed by atoms with Crippen molar-refractivity contribution in [2.24, 2.45) is 0 Å². The first-order valence-corrected chi connectivity index (χ1v) is 11.3. The van der Waals surface area contributed by atoms with Crippen LogP contribution in [0.4, 0.5) is 11.6 Å². The number of benzene rings is 2. The minimum Gasteiger partial charge on any atom is -0.548 e. The molecule has 1 heterocycles. The summed E-state index contributed by atoms with van der Waals surface area (Å²) in [4.78, 5) is 34.7. The van der Waals surface area contributed by atoms with E-state index in [1.54, 1.807) is 36.7 Å². The molecule has 176 valence electrons. The van der Waals surface area contributed by atoms with Gasteiger partial charge in [-0.3, -0.25) is 4.79 Å². The predicted octanol–water partition coefficient (Wildman–Crippen LogP) is 1.29. The number of rotatable bonds is 9. The molecule has 0 saturated carbocycles. The van der Waals surface area contributed by atoms with Crippen molar-refractivity contribution in [3.05, 3.63) is 88.2 Å². The van der Waals surface area contributed by atoms with Gasteiger partial charge in [-0.15, -0.1) is 0 Å². The SMILES string of the molecule is CC(C)N(c1ccc(/C=C/C[C@H](NC(=O)c2c(Cl)cccc2Cl)C(=O)[O-])cc1)c1ncccn1.[K+]. The van der Waals surface area contributed by atoms with Crippen LogP contribution in [0.3, 0.4) is 0 Å². The standard InChI is InChI=1S/C25H24Cl2N4O3.K/c1-16(2)31(25-28-14-5-15-29-25)18-12-10-17(11-13-18)6-3-9-21(24(33)34)30-23(32)22-19(26)7-4-8-20(22)27;/h3-8,10-16,21H,9H2,1-2H3,(H,30,32)(H,33,34);/q;+1/p-1/b6-3+;/t21-;/m0./s1. The molecular formula is C25H23Cl2KN4O3. The second-order valence-corrected chi connectivity index (χ2v) is 8.50. The van der Waals surface area contributed by atoms with Crippen LogP contribution in [-0.4, -0.2) is 33.9 Å². The molecule has 0 fully saturated rings. The molecule has 1 amide bonds. The molecule has 10 heteroatoms. The predicted molar refractivity (Wildman–Crippen MR) is 132 cm³/mol. The number of aromatic nitrogens is 2. The van der Waals surface area contributed by atoms with Crippen molar-refractivity contribution in [1.29, 1.82) is 0 Å². The summed E-state index contributed by atoms with van der Waals surface area (Å²) in [7, 11) is 0. The average molecular weight is 537 g/mol. The summed E-state index contributed by atoms with van der Waals surface area (Å²) in [6.07, 6.45) is 6.84. The maximum Gasteiger partial charge on any atom is 1.00 e. The van der Waals surface area contributed by atoms with Gasteiger partial charge in [0.25, 0.3) is 5.91 Å². The normalized spacial score (nSPS) is 11.7. The summed E-state index contributed by atoms with van der Waals surface area (Å²) >= 11 is 12.1. The number of carbonyl (C=O) groups excluding carboxylic acids is 2. The van der Waals surface area contributed by atoms with E-state index in [-0.39, 0.29) is 79.5 Å². The zero-order chi connectivity index (χ0) is 24.7. The average Bonchev–Trinajstić information content (AvgIpc) is 2.80. The van der Waals surface area contributed by atoms with E-state index in [1.165, 1.54) is 12.1 Å². The van der Waals surface area contributed by atoms with Crippen LogP contribution in [-0.2, 0) is 4.79 Å². The van der Waals surface area contributed by atoms with Crippen molar-refractivity contribution in [3.8, 4) is 0 Å². The van der Waals surface area contributed by atoms with E-state index < -0.39 is 17.9 Å². The smallest absolute Gasteiger partial charge is 0.548 e. The Balaban J connectivity index is 0.00000432. The van der Waals surface area contributed by atoms with Gasteiger partial charge in [0, 0.05) is 24.1 Å². The van der Waals surface area contributed by atoms with Crippen molar-refractivity contribution >= 4 is 52.8 Å². The van der Waals surface area contributed by atoms with Gasteiger partial charge in [0.15, 0.2) is 0 Å². The largest absolute Gasteiger partial charge is 1.00 e. The van der Waals surface area contributed by atoms with Gasteiger partial charge in [-0.2, -0.15) is 0 Å². The minimum absolute atomic E-state index is 0. The summed E-state index contributed by atoms with van der Waals surface area (Å²) in [5.41, 5.74) is 1.81. The number of amides is 1. The molecule has 1 atom stereocenters. The second kappa shape index (κ2) is 14.1. The Morgan fingerprint density at radius 3 is 2.17 bits per heavy atom. The molecule has 3 rings (SSSR count). The number of hydrogen-bond acceptors (Lipinski definition) is 6. The van der Waals surface area contributed by atoms with Crippen molar-refractivity contribution in [2.45, 2.75) is 32.4 Å². The van der Waals surface area contributed by atoms with E-state index in [2.05, 4.69) is 15.3 Å². The Hall–Kier alpha value is -1.78.